The van der Waals surface area contributed by atoms with E-state index < -0.39 is 0 Å². The fraction of sp³-hybridized carbons (Fsp3) is 0.222. The van der Waals surface area contributed by atoms with Crippen molar-refractivity contribution in [3.63, 3.8) is 0 Å². The molecule has 1 rings (SSSR count). The molecule has 1 aromatic rings. The maximum atomic E-state index is 8.56. The van der Waals surface area contributed by atoms with E-state index in [1.54, 1.807) is 13.2 Å². The molecule has 0 heterocycles. The summed E-state index contributed by atoms with van der Waals surface area (Å²) < 4.78 is 6.03. The monoisotopic (exact) mass is 307 g/mol. The van der Waals surface area contributed by atoms with E-state index in [9.17, 15) is 0 Å². The van der Waals surface area contributed by atoms with Crippen LogP contribution in [0, 0.1) is 14.9 Å². The van der Waals surface area contributed by atoms with Crippen molar-refractivity contribution >= 4 is 34.2 Å². The lowest BCUT2D eigenvalue weighted by Gasteiger charge is -2.07. The molecule has 0 aromatic heterocycles. The molecule has 0 saturated carbocycles. The van der Waals surface area contributed by atoms with Crippen molar-refractivity contribution in [3.05, 3.63) is 26.3 Å². The topological polar surface area (TPSA) is 33.0 Å². The Morgan fingerprint density at radius 3 is 2.85 bits per heavy atom. The number of rotatable bonds is 2. The van der Waals surface area contributed by atoms with Crippen LogP contribution < -0.4 is 4.74 Å². The first-order valence-corrected chi connectivity index (χ1v) is 5.03. The van der Waals surface area contributed by atoms with Gasteiger partial charge in [-0.15, -0.1) is 0 Å². The van der Waals surface area contributed by atoms with Crippen molar-refractivity contribution in [2.75, 3.05) is 7.11 Å². The van der Waals surface area contributed by atoms with Crippen molar-refractivity contribution in [2.45, 2.75) is 6.42 Å². The highest BCUT2D eigenvalue weighted by Crippen LogP contribution is 2.28. The summed E-state index contributed by atoms with van der Waals surface area (Å²) in [5.41, 5.74) is 0.874. The predicted octanol–water partition coefficient (Wildman–Crippen LogP) is 3.02. The second-order valence-electron chi connectivity index (χ2n) is 2.41. The fourth-order valence-corrected chi connectivity index (χ4v) is 1.67. The van der Waals surface area contributed by atoms with Crippen molar-refractivity contribution < 1.29 is 4.74 Å². The molecule has 13 heavy (non-hydrogen) atoms. The molecule has 0 radical (unpaired) electrons. The van der Waals surface area contributed by atoms with E-state index in [0.29, 0.717) is 17.2 Å². The lowest BCUT2D eigenvalue weighted by atomic mass is 10.1. The largest absolute Gasteiger partial charge is 0.496 e. The minimum atomic E-state index is 0.344. The standard InChI is InChI=1S/C9H7ClINO/c1-13-9-5-7(10)8(11)4-6(9)2-3-12/h4-5H,2H2,1H3. The zero-order valence-electron chi connectivity index (χ0n) is 6.97. The Balaban J connectivity index is 3.18. The van der Waals surface area contributed by atoms with Gasteiger partial charge in [-0.1, -0.05) is 11.6 Å². The molecule has 0 amide bonds. The molecule has 0 fully saturated rings. The molecule has 0 saturated heterocycles. The van der Waals surface area contributed by atoms with E-state index in [0.717, 1.165) is 9.13 Å². The fourth-order valence-electron chi connectivity index (χ4n) is 0.983. The number of nitriles is 1. The molecular weight excluding hydrogens is 300 g/mol. The zero-order valence-corrected chi connectivity index (χ0v) is 9.89. The average molecular weight is 308 g/mol. The Morgan fingerprint density at radius 2 is 2.31 bits per heavy atom. The van der Waals surface area contributed by atoms with Crippen LogP contribution in [0.25, 0.3) is 0 Å². The van der Waals surface area contributed by atoms with E-state index in [1.165, 1.54) is 0 Å². The smallest absolute Gasteiger partial charge is 0.124 e. The molecule has 4 heteroatoms. The van der Waals surface area contributed by atoms with Gasteiger partial charge >= 0.3 is 0 Å². The number of ether oxygens (including phenoxy) is 1. The third kappa shape index (κ3) is 2.48. The summed E-state index contributed by atoms with van der Waals surface area (Å²) in [6.07, 6.45) is 0.344. The minimum absolute atomic E-state index is 0.344. The summed E-state index contributed by atoms with van der Waals surface area (Å²) in [6, 6.07) is 5.68. The van der Waals surface area contributed by atoms with Crippen LogP contribution >= 0.6 is 34.2 Å². The van der Waals surface area contributed by atoms with E-state index in [4.69, 9.17) is 21.6 Å². The molecule has 0 N–H and O–H groups in total. The minimum Gasteiger partial charge on any atom is -0.496 e. The second-order valence-corrected chi connectivity index (χ2v) is 3.98. The molecule has 2 nitrogen and oxygen atoms in total. The number of hydrogen-bond acceptors (Lipinski definition) is 2. The maximum Gasteiger partial charge on any atom is 0.124 e. The van der Waals surface area contributed by atoms with Crippen LogP contribution in [0.2, 0.25) is 5.02 Å². The number of methoxy groups -OCH3 is 1. The van der Waals surface area contributed by atoms with Crippen LogP contribution in [0.3, 0.4) is 0 Å². The Morgan fingerprint density at radius 1 is 1.62 bits per heavy atom. The summed E-state index contributed by atoms with van der Waals surface area (Å²) in [6.45, 7) is 0. The molecule has 0 bridgehead atoms. The number of benzene rings is 1. The van der Waals surface area contributed by atoms with Gasteiger partial charge in [0.1, 0.15) is 5.75 Å². The van der Waals surface area contributed by atoms with Crippen molar-refractivity contribution in [3.8, 4) is 11.8 Å². The van der Waals surface area contributed by atoms with E-state index in [2.05, 4.69) is 28.7 Å². The summed E-state index contributed by atoms with van der Waals surface area (Å²) in [4.78, 5) is 0. The summed E-state index contributed by atoms with van der Waals surface area (Å²) in [7, 11) is 1.57. The lowest BCUT2D eigenvalue weighted by Crippen LogP contribution is -1.92. The molecule has 0 aliphatic carbocycles. The van der Waals surface area contributed by atoms with Crippen LogP contribution in [0.15, 0.2) is 12.1 Å². The first-order valence-electron chi connectivity index (χ1n) is 3.58. The molecule has 0 aliphatic rings. The normalized spacial score (nSPS) is 9.38. The Bertz CT molecular complexity index is 359. The van der Waals surface area contributed by atoms with Crippen LogP contribution in [0.4, 0.5) is 0 Å². The van der Waals surface area contributed by atoms with E-state index in [1.807, 2.05) is 6.07 Å². The van der Waals surface area contributed by atoms with Gasteiger partial charge in [0, 0.05) is 15.2 Å². The van der Waals surface area contributed by atoms with Crippen molar-refractivity contribution in [2.24, 2.45) is 0 Å². The van der Waals surface area contributed by atoms with Crippen LogP contribution in [0.1, 0.15) is 5.56 Å². The maximum absolute atomic E-state index is 8.56. The van der Waals surface area contributed by atoms with Gasteiger partial charge in [0.15, 0.2) is 0 Å². The van der Waals surface area contributed by atoms with Crippen LogP contribution in [-0.4, -0.2) is 7.11 Å². The van der Waals surface area contributed by atoms with Gasteiger partial charge in [0.2, 0.25) is 0 Å². The number of halogens is 2. The molecule has 68 valence electrons. The third-order valence-electron chi connectivity index (χ3n) is 1.59. The Labute approximate surface area is 95.6 Å². The van der Waals surface area contributed by atoms with Gasteiger partial charge in [0.05, 0.1) is 24.6 Å². The highest BCUT2D eigenvalue weighted by molar-refractivity contribution is 14.1. The highest BCUT2D eigenvalue weighted by Gasteiger charge is 2.06. The van der Waals surface area contributed by atoms with E-state index in [-0.39, 0.29) is 0 Å². The average Bonchev–Trinajstić information content (AvgIpc) is 2.11. The molecule has 0 atom stereocenters. The van der Waals surface area contributed by atoms with Crippen LogP contribution in [-0.2, 0) is 6.42 Å². The van der Waals surface area contributed by atoms with Gasteiger partial charge < -0.3 is 4.74 Å². The highest BCUT2D eigenvalue weighted by atomic mass is 127. The predicted molar refractivity (Wildman–Crippen MR) is 60.0 cm³/mol. The summed E-state index contributed by atoms with van der Waals surface area (Å²) in [5, 5.41) is 9.21. The van der Waals surface area contributed by atoms with Gasteiger partial charge in [-0.05, 0) is 28.7 Å². The first kappa shape index (κ1) is 10.6. The quantitative estimate of drug-likeness (QED) is 0.787. The van der Waals surface area contributed by atoms with Crippen LogP contribution in [0.5, 0.6) is 5.75 Å². The van der Waals surface area contributed by atoms with Gasteiger partial charge in [0.25, 0.3) is 0 Å². The molecule has 0 aliphatic heterocycles. The summed E-state index contributed by atoms with van der Waals surface area (Å²) in [5.74, 6) is 0.673. The SMILES string of the molecule is COc1cc(Cl)c(I)cc1CC#N. The van der Waals surface area contributed by atoms with Gasteiger partial charge in [-0.25, -0.2) is 0 Å². The number of nitrogens with zero attached hydrogens (tertiary/aromatic N) is 1. The molecule has 0 unspecified atom stereocenters. The second kappa shape index (κ2) is 4.68. The third-order valence-corrected chi connectivity index (χ3v) is 3.12. The first-order chi connectivity index (χ1) is 6.19. The molecule has 1 aromatic carbocycles. The Hall–Kier alpha value is -0.470. The molecular formula is C9H7ClINO. The Kier molecular flexibility index (Phi) is 3.82. The lowest BCUT2D eigenvalue weighted by molar-refractivity contribution is 0.411. The zero-order chi connectivity index (χ0) is 9.84. The van der Waals surface area contributed by atoms with E-state index >= 15 is 0 Å². The molecule has 0 spiro atoms. The summed E-state index contributed by atoms with van der Waals surface area (Å²) >= 11 is 8.02. The van der Waals surface area contributed by atoms with Gasteiger partial charge in [-0.3, -0.25) is 0 Å². The van der Waals surface area contributed by atoms with Crippen molar-refractivity contribution in [1.29, 1.82) is 5.26 Å². The van der Waals surface area contributed by atoms with Crippen molar-refractivity contribution in [1.82, 2.24) is 0 Å². The van der Waals surface area contributed by atoms with Gasteiger partial charge in [-0.2, -0.15) is 5.26 Å². The number of hydrogen-bond donors (Lipinski definition) is 0.